The summed E-state index contributed by atoms with van der Waals surface area (Å²) in [6.45, 7) is 9.85. The molecule has 1 heteroatoms. The highest BCUT2D eigenvalue weighted by atomic mass is 14.9. The molecule has 0 aliphatic carbocycles. The maximum atomic E-state index is 4.74. The Balaban J connectivity index is 3.35. The predicted molar refractivity (Wildman–Crippen MR) is 78.5 cm³/mol. The summed E-state index contributed by atoms with van der Waals surface area (Å²) in [6.07, 6.45) is 15.1. The molecule has 0 heterocycles. The van der Waals surface area contributed by atoms with E-state index in [0.29, 0.717) is 0 Å². The van der Waals surface area contributed by atoms with Gasteiger partial charge in [0, 0.05) is 12.1 Å². The molecule has 1 radical (unpaired) electrons. The first-order chi connectivity index (χ1) is 8.12. The van der Waals surface area contributed by atoms with Gasteiger partial charge in [0.1, 0.15) is 0 Å². The Morgan fingerprint density at radius 3 is 2.06 bits per heavy atom. The van der Waals surface area contributed by atoms with Gasteiger partial charge >= 0.3 is 0 Å². The maximum absolute atomic E-state index is 4.74. The van der Waals surface area contributed by atoms with Gasteiger partial charge in [0.25, 0.3) is 0 Å². The van der Waals surface area contributed by atoms with Gasteiger partial charge in [0.2, 0.25) is 0 Å². The van der Waals surface area contributed by atoms with Crippen LogP contribution >= 0.6 is 0 Å². The highest BCUT2D eigenvalue weighted by Gasteiger charge is 2.12. The zero-order valence-corrected chi connectivity index (χ0v) is 12.5. The molecule has 0 saturated heterocycles. The van der Waals surface area contributed by atoms with E-state index in [1.54, 1.807) is 0 Å². The zero-order chi connectivity index (χ0) is 13.0. The standard InChI is InChI=1S/C16H32N/c1-5-7-9-10-11-12-13-15-17-16(3,4)14-8-6-2/h8,14H,5-7,9-13,15H2,1-4H3/b14-8+. The first-order valence-electron chi connectivity index (χ1n) is 7.48. The van der Waals surface area contributed by atoms with Crippen LogP contribution in [-0.4, -0.2) is 12.1 Å². The summed E-state index contributed by atoms with van der Waals surface area (Å²) in [7, 11) is 0. The number of unbranched alkanes of at least 4 members (excludes halogenated alkanes) is 6. The van der Waals surface area contributed by atoms with E-state index in [4.69, 9.17) is 5.32 Å². The van der Waals surface area contributed by atoms with E-state index in [1.807, 2.05) is 0 Å². The summed E-state index contributed by atoms with van der Waals surface area (Å²) in [4.78, 5) is 0. The molecule has 0 fully saturated rings. The molecule has 0 rings (SSSR count). The van der Waals surface area contributed by atoms with Crippen LogP contribution in [0.1, 0.15) is 79.1 Å². The second-order valence-electron chi connectivity index (χ2n) is 5.47. The van der Waals surface area contributed by atoms with Gasteiger partial charge in [-0.25, -0.2) is 5.32 Å². The fraction of sp³-hybridized carbons (Fsp3) is 0.875. The van der Waals surface area contributed by atoms with E-state index >= 15 is 0 Å². The number of allylic oxidation sites excluding steroid dienone is 1. The predicted octanol–water partition coefficient (Wildman–Crippen LogP) is 5.09. The van der Waals surface area contributed by atoms with Crippen molar-refractivity contribution in [1.29, 1.82) is 0 Å². The van der Waals surface area contributed by atoms with Crippen molar-refractivity contribution in [3.8, 4) is 0 Å². The molecule has 0 amide bonds. The zero-order valence-electron chi connectivity index (χ0n) is 12.5. The molecule has 0 saturated carbocycles. The molecule has 17 heavy (non-hydrogen) atoms. The van der Waals surface area contributed by atoms with Crippen molar-refractivity contribution in [3.05, 3.63) is 12.2 Å². The first kappa shape index (κ1) is 16.7. The number of nitrogens with zero attached hydrogens (tertiary/aromatic N) is 1. The van der Waals surface area contributed by atoms with Crippen molar-refractivity contribution in [2.24, 2.45) is 0 Å². The summed E-state index contributed by atoms with van der Waals surface area (Å²) in [6, 6.07) is 0. The lowest BCUT2D eigenvalue weighted by molar-refractivity contribution is 0.446. The minimum Gasteiger partial charge on any atom is -0.232 e. The van der Waals surface area contributed by atoms with Crippen LogP contribution < -0.4 is 5.32 Å². The van der Waals surface area contributed by atoms with Crippen molar-refractivity contribution in [3.63, 3.8) is 0 Å². The van der Waals surface area contributed by atoms with Gasteiger partial charge in [-0.1, -0.05) is 64.5 Å². The number of rotatable bonds is 11. The minimum absolute atomic E-state index is 0.0399. The number of hydrogen-bond acceptors (Lipinski definition) is 0. The molecule has 0 aromatic heterocycles. The summed E-state index contributed by atoms with van der Waals surface area (Å²) in [5, 5.41) is 4.74. The quantitative estimate of drug-likeness (QED) is 0.352. The molecule has 0 aliphatic rings. The van der Waals surface area contributed by atoms with Crippen molar-refractivity contribution < 1.29 is 0 Å². The Labute approximate surface area is 109 Å². The molecule has 0 N–H and O–H groups in total. The SMILES string of the molecule is CC/C=C/C(C)(C)[N]CCCCCCCCC. The Bertz CT molecular complexity index is 182. The highest BCUT2D eigenvalue weighted by molar-refractivity contribution is 5.00. The summed E-state index contributed by atoms with van der Waals surface area (Å²) < 4.78 is 0. The molecule has 0 spiro atoms. The fourth-order valence-corrected chi connectivity index (χ4v) is 1.90. The molecule has 1 nitrogen and oxygen atoms in total. The lowest BCUT2D eigenvalue weighted by atomic mass is 10.0. The highest BCUT2D eigenvalue weighted by Crippen LogP contribution is 2.09. The molecule has 0 unspecified atom stereocenters. The van der Waals surface area contributed by atoms with E-state index in [-0.39, 0.29) is 5.54 Å². The van der Waals surface area contributed by atoms with Crippen LogP contribution in [0.5, 0.6) is 0 Å². The number of hydrogen-bond donors (Lipinski definition) is 0. The smallest absolute Gasteiger partial charge is 0.0479 e. The molecule has 0 aliphatic heterocycles. The van der Waals surface area contributed by atoms with Crippen molar-refractivity contribution in [2.75, 3.05) is 6.54 Å². The van der Waals surface area contributed by atoms with Crippen molar-refractivity contribution in [1.82, 2.24) is 5.32 Å². The third-order valence-electron chi connectivity index (χ3n) is 3.04. The molecule has 0 atom stereocenters. The van der Waals surface area contributed by atoms with Crippen LogP contribution in [0.2, 0.25) is 0 Å². The van der Waals surface area contributed by atoms with Crippen LogP contribution in [0.4, 0.5) is 0 Å². The lowest BCUT2D eigenvalue weighted by Crippen LogP contribution is -2.31. The van der Waals surface area contributed by atoms with Crippen LogP contribution in [0.3, 0.4) is 0 Å². The van der Waals surface area contributed by atoms with Crippen LogP contribution in [0.25, 0.3) is 0 Å². The molecular formula is C16H32N. The molecule has 0 aromatic rings. The summed E-state index contributed by atoms with van der Waals surface area (Å²) in [5.41, 5.74) is 0.0399. The third kappa shape index (κ3) is 12.0. The molecular weight excluding hydrogens is 206 g/mol. The average molecular weight is 238 g/mol. The van der Waals surface area contributed by atoms with Gasteiger partial charge in [-0.3, -0.25) is 0 Å². The Morgan fingerprint density at radius 1 is 0.882 bits per heavy atom. The van der Waals surface area contributed by atoms with Gasteiger partial charge in [0.15, 0.2) is 0 Å². The van der Waals surface area contributed by atoms with Gasteiger partial charge in [-0.2, -0.15) is 0 Å². The molecule has 101 valence electrons. The Kier molecular flexibility index (Phi) is 10.6. The largest absolute Gasteiger partial charge is 0.232 e. The monoisotopic (exact) mass is 238 g/mol. The van der Waals surface area contributed by atoms with Gasteiger partial charge in [0.05, 0.1) is 0 Å². The van der Waals surface area contributed by atoms with E-state index in [9.17, 15) is 0 Å². The first-order valence-corrected chi connectivity index (χ1v) is 7.48. The Hall–Kier alpha value is -0.300. The van der Waals surface area contributed by atoms with Crippen molar-refractivity contribution >= 4 is 0 Å². The normalized spacial score (nSPS) is 12.5. The van der Waals surface area contributed by atoms with E-state index in [2.05, 4.69) is 39.8 Å². The van der Waals surface area contributed by atoms with E-state index in [1.165, 1.54) is 44.9 Å². The van der Waals surface area contributed by atoms with Crippen LogP contribution in [0, 0.1) is 0 Å². The van der Waals surface area contributed by atoms with Crippen LogP contribution in [0.15, 0.2) is 12.2 Å². The third-order valence-corrected chi connectivity index (χ3v) is 3.04. The van der Waals surface area contributed by atoms with E-state index in [0.717, 1.165) is 13.0 Å². The summed E-state index contributed by atoms with van der Waals surface area (Å²) >= 11 is 0. The van der Waals surface area contributed by atoms with E-state index < -0.39 is 0 Å². The topological polar surface area (TPSA) is 14.1 Å². The second-order valence-corrected chi connectivity index (χ2v) is 5.47. The maximum Gasteiger partial charge on any atom is 0.0479 e. The molecule has 0 aromatic carbocycles. The average Bonchev–Trinajstić information content (AvgIpc) is 2.30. The van der Waals surface area contributed by atoms with Gasteiger partial charge in [-0.05, 0) is 26.7 Å². The lowest BCUT2D eigenvalue weighted by Gasteiger charge is -2.20. The second kappa shape index (κ2) is 10.8. The van der Waals surface area contributed by atoms with Gasteiger partial charge in [-0.15, -0.1) is 0 Å². The molecule has 0 bridgehead atoms. The summed E-state index contributed by atoms with van der Waals surface area (Å²) in [5.74, 6) is 0. The van der Waals surface area contributed by atoms with Crippen molar-refractivity contribution in [2.45, 2.75) is 84.6 Å². The van der Waals surface area contributed by atoms with Crippen LogP contribution in [-0.2, 0) is 0 Å². The Morgan fingerprint density at radius 2 is 1.47 bits per heavy atom. The minimum atomic E-state index is 0.0399. The van der Waals surface area contributed by atoms with Gasteiger partial charge < -0.3 is 0 Å². The fourth-order valence-electron chi connectivity index (χ4n) is 1.90.